The maximum atomic E-state index is 11.8. The monoisotopic (exact) mass is 492 g/mol. The number of carbonyl (C=O) groups excluding carboxylic acids is 1. The molecule has 4 aromatic rings. The van der Waals surface area contributed by atoms with Crippen molar-refractivity contribution in [2.45, 2.75) is 25.7 Å². The molecular weight excluding hydrogens is 467 g/mol. The van der Waals surface area contributed by atoms with Gasteiger partial charge in [0.2, 0.25) is 0 Å². The number of halogens is 2. The first-order valence-electron chi connectivity index (χ1n) is 11.0. The molecule has 0 saturated carbocycles. The molecule has 1 unspecified atom stereocenters. The standard InChI is InChI=1S/C16H16ClNO2.C12H10ClN/c1-2-20-16(19)11-14(15-5-3-4-10-18-15)12-6-8-13(17)9-7-12;13-11-6-4-10(5-7-11)9-12-3-1-2-8-14-12/h3-10,14H,2,11H2,1H3;1-8H,9H2. The topological polar surface area (TPSA) is 52.1 Å². The molecule has 0 saturated heterocycles. The quantitative estimate of drug-likeness (QED) is 0.257. The first kappa shape index (κ1) is 25.4. The van der Waals surface area contributed by atoms with Crippen molar-refractivity contribution < 1.29 is 9.53 Å². The average Bonchev–Trinajstić information content (AvgIpc) is 2.86. The minimum atomic E-state index is -0.224. The summed E-state index contributed by atoms with van der Waals surface area (Å²) in [6, 6.07) is 26.9. The summed E-state index contributed by atoms with van der Waals surface area (Å²) in [5.74, 6) is -0.342. The summed E-state index contributed by atoms with van der Waals surface area (Å²) < 4.78 is 5.05. The van der Waals surface area contributed by atoms with E-state index in [1.165, 1.54) is 5.56 Å². The third kappa shape index (κ3) is 8.29. The van der Waals surface area contributed by atoms with Crippen molar-refractivity contribution in [2.75, 3.05) is 6.61 Å². The molecule has 0 aliphatic carbocycles. The van der Waals surface area contributed by atoms with Gasteiger partial charge in [0.1, 0.15) is 0 Å². The number of ether oxygens (including phenoxy) is 1. The molecule has 1 atom stereocenters. The highest BCUT2D eigenvalue weighted by atomic mass is 35.5. The van der Waals surface area contributed by atoms with E-state index < -0.39 is 0 Å². The van der Waals surface area contributed by atoms with Crippen LogP contribution in [0.2, 0.25) is 10.0 Å². The highest BCUT2D eigenvalue weighted by molar-refractivity contribution is 6.30. The van der Waals surface area contributed by atoms with Gasteiger partial charge in [-0.05, 0) is 66.6 Å². The Kier molecular flexibility index (Phi) is 10.1. The van der Waals surface area contributed by atoms with E-state index in [2.05, 4.69) is 9.97 Å². The van der Waals surface area contributed by atoms with Gasteiger partial charge in [0.15, 0.2) is 0 Å². The van der Waals surface area contributed by atoms with Crippen molar-refractivity contribution in [2.24, 2.45) is 0 Å². The number of nitrogens with zero attached hydrogens (tertiary/aromatic N) is 2. The largest absolute Gasteiger partial charge is 0.466 e. The van der Waals surface area contributed by atoms with Crippen molar-refractivity contribution in [1.29, 1.82) is 0 Å². The average molecular weight is 493 g/mol. The van der Waals surface area contributed by atoms with E-state index in [1.807, 2.05) is 91.1 Å². The number of esters is 1. The molecule has 0 bridgehead atoms. The molecule has 0 aliphatic rings. The van der Waals surface area contributed by atoms with Crippen LogP contribution < -0.4 is 0 Å². The van der Waals surface area contributed by atoms with Gasteiger partial charge < -0.3 is 4.74 Å². The number of hydrogen-bond donors (Lipinski definition) is 0. The second-order valence-corrected chi connectivity index (χ2v) is 8.37. The smallest absolute Gasteiger partial charge is 0.306 e. The second kappa shape index (κ2) is 13.5. The zero-order valence-corrected chi connectivity index (χ0v) is 20.4. The van der Waals surface area contributed by atoms with Crippen LogP contribution in [0, 0.1) is 0 Å². The predicted molar refractivity (Wildman–Crippen MR) is 137 cm³/mol. The molecule has 0 amide bonds. The molecular formula is C28H26Cl2N2O2. The molecule has 0 fully saturated rings. The summed E-state index contributed by atoms with van der Waals surface area (Å²) in [5.41, 5.74) is 4.16. The van der Waals surface area contributed by atoms with Crippen molar-refractivity contribution in [3.8, 4) is 0 Å². The van der Waals surface area contributed by atoms with E-state index in [-0.39, 0.29) is 18.3 Å². The summed E-state index contributed by atoms with van der Waals surface area (Å²) in [4.78, 5) is 20.4. The first-order valence-corrected chi connectivity index (χ1v) is 11.8. The van der Waals surface area contributed by atoms with Crippen LogP contribution in [0.1, 0.15) is 41.8 Å². The fourth-order valence-electron chi connectivity index (χ4n) is 3.37. The first-order chi connectivity index (χ1) is 16.5. The lowest BCUT2D eigenvalue weighted by molar-refractivity contribution is -0.143. The highest BCUT2D eigenvalue weighted by Gasteiger charge is 2.20. The zero-order chi connectivity index (χ0) is 24.2. The van der Waals surface area contributed by atoms with E-state index in [1.54, 1.807) is 13.1 Å². The van der Waals surface area contributed by atoms with Gasteiger partial charge in [0, 0.05) is 46.2 Å². The van der Waals surface area contributed by atoms with Gasteiger partial charge in [-0.3, -0.25) is 14.8 Å². The molecule has 2 aromatic heterocycles. The molecule has 0 radical (unpaired) electrons. The van der Waals surface area contributed by atoms with Gasteiger partial charge in [0.25, 0.3) is 0 Å². The summed E-state index contributed by atoms with van der Waals surface area (Å²) in [6.45, 7) is 2.18. The maximum Gasteiger partial charge on any atom is 0.306 e. The van der Waals surface area contributed by atoms with Crippen LogP contribution >= 0.6 is 23.2 Å². The van der Waals surface area contributed by atoms with Crippen LogP contribution in [0.4, 0.5) is 0 Å². The number of hydrogen-bond acceptors (Lipinski definition) is 4. The Morgan fingerprint density at radius 1 is 0.824 bits per heavy atom. The molecule has 0 aliphatic heterocycles. The van der Waals surface area contributed by atoms with E-state index in [0.717, 1.165) is 28.4 Å². The molecule has 2 heterocycles. The van der Waals surface area contributed by atoms with Crippen LogP contribution in [-0.4, -0.2) is 22.5 Å². The van der Waals surface area contributed by atoms with Gasteiger partial charge in [-0.1, -0.05) is 59.6 Å². The highest BCUT2D eigenvalue weighted by Crippen LogP contribution is 2.28. The summed E-state index contributed by atoms with van der Waals surface area (Å²) in [5, 5.41) is 1.44. The molecule has 4 nitrogen and oxygen atoms in total. The zero-order valence-electron chi connectivity index (χ0n) is 18.9. The number of rotatable bonds is 7. The molecule has 34 heavy (non-hydrogen) atoms. The maximum absolute atomic E-state index is 11.8. The number of carbonyl (C=O) groups is 1. The predicted octanol–water partition coefficient (Wildman–Crippen LogP) is 7.15. The molecule has 6 heteroatoms. The Bertz CT molecular complexity index is 1140. The van der Waals surface area contributed by atoms with Crippen molar-refractivity contribution >= 4 is 29.2 Å². The summed E-state index contributed by atoms with van der Waals surface area (Å²) >= 11 is 11.7. The van der Waals surface area contributed by atoms with Gasteiger partial charge in [-0.15, -0.1) is 0 Å². The summed E-state index contributed by atoms with van der Waals surface area (Å²) in [7, 11) is 0. The van der Waals surface area contributed by atoms with Crippen molar-refractivity contribution in [3.63, 3.8) is 0 Å². The Labute approximate surface area is 210 Å². The fraction of sp³-hybridized carbons (Fsp3) is 0.179. The van der Waals surface area contributed by atoms with Crippen molar-refractivity contribution in [3.05, 3.63) is 130 Å². The molecule has 4 rings (SSSR count). The lowest BCUT2D eigenvalue weighted by Crippen LogP contribution is -2.12. The lowest BCUT2D eigenvalue weighted by atomic mass is 9.92. The third-order valence-electron chi connectivity index (χ3n) is 5.02. The minimum Gasteiger partial charge on any atom is -0.466 e. The second-order valence-electron chi connectivity index (χ2n) is 7.49. The van der Waals surface area contributed by atoms with Crippen LogP contribution in [0.15, 0.2) is 97.3 Å². The van der Waals surface area contributed by atoms with Gasteiger partial charge in [-0.2, -0.15) is 0 Å². The lowest BCUT2D eigenvalue weighted by Gasteiger charge is -2.16. The Balaban J connectivity index is 0.000000202. The molecule has 0 N–H and O–H groups in total. The van der Waals surface area contributed by atoms with E-state index in [4.69, 9.17) is 27.9 Å². The van der Waals surface area contributed by atoms with E-state index in [0.29, 0.717) is 11.6 Å². The van der Waals surface area contributed by atoms with Gasteiger partial charge in [0.05, 0.1) is 13.0 Å². The Morgan fingerprint density at radius 2 is 1.44 bits per heavy atom. The number of pyridine rings is 2. The van der Waals surface area contributed by atoms with Gasteiger partial charge >= 0.3 is 5.97 Å². The molecule has 0 spiro atoms. The number of aromatic nitrogens is 2. The Hall–Kier alpha value is -3.21. The van der Waals surface area contributed by atoms with E-state index >= 15 is 0 Å². The van der Waals surface area contributed by atoms with Crippen LogP contribution in [-0.2, 0) is 16.0 Å². The van der Waals surface area contributed by atoms with Crippen LogP contribution in [0.3, 0.4) is 0 Å². The fourth-order valence-corrected chi connectivity index (χ4v) is 3.62. The van der Waals surface area contributed by atoms with E-state index in [9.17, 15) is 4.79 Å². The normalized spacial score (nSPS) is 11.1. The minimum absolute atomic E-state index is 0.118. The summed E-state index contributed by atoms with van der Waals surface area (Å²) in [6.07, 6.45) is 4.67. The Morgan fingerprint density at radius 3 is 2.00 bits per heavy atom. The third-order valence-corrected chi connectivity index (χ3v) is 5.52. The van der Waals surface area contributed by atoms with Crippen molar-refractivity contribution in [1.82, 2.24) is 9.97 Å². The van der Waals surface area contributed by atoms with Gasteiger partial charge in [-0.25, -0.2) is 0 Å². The SMILES string of the molecule is CCOC(=O)CC(c1ccc(Cl)cc1)c1ccccn1.Clc1ccc(Cc2ccccn2)cc1. The number of benzene rings is 2. The van der Waals surface area contributed by atoms with Crippen LogP contribution in [0.5, 0.6) is 0 Å². The molecule has 174 valence electrons. The molecule has 2 aromatic carbocycles. The van der Waals surface area contributed by atoms with Crippen LogP contribution in [0.25, 0.3) is 0 Å².